The van der Waals surface area contributed by atoms with Crippen LogP contribution in [0.25, 0.3) is 0 Å². The molecule has 1 aliphatic rings. The molecule has 1 aromatic rings. The summed E-state index contributed by atoms with van der Waals surface area (Å²) in [5.74, 6) is 2.42. The minimum absolute atomic E-state index is 0.275. The molecule has 12 heavy (non-hydrogen) atoms. The van der Waals surface area contributed by atoms with Crippen LogP contribution < -0.4 is 0 Å². The Kier molecular flexibility index (Phi) is 1.84. The van der Waals surface area contributed by atoms with Gasteiger partial charge in [0.2, 0.25) is 0 Å². The number of aliphatic hydroxyl groups is 1. The summed E-state index contributed by atoms with van der Waals surface area (Å²) < 4.78 is 2.10. The van der Waals surface area contributed by atoms with Crippen molar-refractivity contribution in [3.8, 4) is 0 Å². The zero-order valence-corrected chi connectivity index (χ0v) is 7.19. The van der Waals surface area contributed by atoms with Gasteiger partial charge < -0.3 is 9.67 Å². The third kappa shape index (κ3) is 1.12. The Morgan fingerprint density at radius 1 is 1.58 bits per heavy atom. The summed E-state index contributed by atoms with van der Waals surface area (Å²) in [6.45, 7) is 3.11. The van der Waals surface area contributed by atoms with Crippen molar-refractivity contribution in [2.75, 3.05) is 6.61 Å². The molecule has 4 heteroatoms. The molecule has 0 saturated carbocycles. The van der Waals surface area contributed by atoms with Crippen LogP contribution in [0.4, 0.5) is 0 Å². The van der Waals surface area contributed by atoms with Crippen molar-refractivity contribution < 1.29 is 5.11 Å². The summed E-state index contributed by atoms with van der Waals surface area (Å²) in [5.41, 5.74) is 0. The van der Waals surface area contributed by atoms with Gasteiger partial charge in [-0.15, -0.1) is 10.2 Å². The highest BCUT2D eigenvalue weighted by molar-refractivity contribution is 4.97. The predicted octanol–water partition coefficient (Wildman–Crippen LogP) is 0.141. The van der Waals surface area contributed by atoms with Gasteiger partial charge in [0.25, 0.3) is 0 Å². The van der Waals surface area contributed by atoms with E-state index in [1.54, 1.807) is 0 Å². The summed E-state index contributed by atoms with van der Waals surface area (Å²) >= 11 is 0. The SMILES string of the molecule is Cc1nnc2n1C[C@H](CO)CC2. The molecule has 1 aliphatic heterocycles. The molecule has 2 heterocycles. The zero-order valence-electron chi connectivity index (χ0n) is 7.19. The van der Waals surface area contributed by atoms with Crippen molar-refractivity contribution in [1.82, 2.24) is 14.8 Å². The first-order chi connectivity index (χ1) is 5.81. The van der Waals surface area contributed by atoms with Crippen LogP contribution in [0.15, 0.2) is 0 Å². The Bertz CT molecular complexity index is 282. The van der Waals surface area contributed by atoms with Crippen LogP contribution in [-0.4, -0.2) is 26.5 Å². The average molecular weight is 167 g/mol. The fourth-order valence-corrected chi connectivity index (χ4v) is 1.68. The van der Waals surface area contributed by atoms with E-state index in [0.29, 0.717) is 5.92 Å². The second-order valence-electron chi connectivity index (χ2n) is 3.36. The maximum Gasteiger partial charge on any atom is 0.133 e. The minimum Gasteiger partial charge on any atom is -0.396 e. The maximum absolute atomic E-state index is 8.99. The fourth-order valence-electron chi connectivity index (χ4n) is 1.68. The van der Waals surface area contributed by atoms with Crippen LogP contribution in [0.5, 0.6) is 0 Å². The highest BCUT2D eigenvalue weighted by Crippen LogP contribution is 2.18. The van der Waals surface area contributed by atoms with E-state index in [9.17, 15) is 0 Å². The van der Waals surface area contributed by atoms with Gasteiger partial charge in [-0.1, -0.05) is 0 Å². The fraction of sp³-hybridized carbons (Fsp3) is 0.750. The Morgan fingerprint density at radius 3 is 3.17 bits per heavy atom. The maximum atomic E-state index is 8.99. The van der Waals surface area contributed by atoms with Crippen LogP contribution in [0, 0.1) is 12.8 Å². The van der Waals surface area contributed by atoms with Crippen LogP contribution in [-0.2, 0) is 13.0 Å². The van der Waals surface area contributed by atoms with Crippen LogP contribution >= 0.6 is 0 Å². The Hall–Kier alpha value is -0.900. The van der Waals surface area contributed by atoms with E-state index < -0.39 is 0 Å². The molecule has 2 rings (SSSR count). The Labute approximate surface area is 71.2 Å². The molecule has 4 nitrogen and oxygen atoms in total. The normalized spacial score (nSPS) is 22.3. The second kappa shape index (κ2) is 2.86. The van der Waals surface area contributed by atoms with E-state index in [2.05, 4.69) is 14.8 Å². The number of aliphatic hydroxyl groups excluding tert-OH is 1. The lowest BCUT2D eigenvalue weighted by Crippen LogP contribution is -2.23. The monoisotopic (exact) mass is 167 g/mol. The third-order valence-corrected chi connectivity index (χ3v) is 2.49. The average Bonchev–Trinajstić information content (AvgIpc) is 2.47. The van der Waals surface area contributed by atoms with Crippen molar-refractivity contribution in [2.45, 2.75) is 26.3 Å². The quantitative estimate of drug-likeness (QED) is 0.647. The van der Waals surface area contributed by atoms with Gasteiger partial charge in [0.15, 0.2) is 0 Å². The van der Waals surface area contributed by atoms with Crippen molar-refractivity contribution >= 4 is 0 Å². The van der Waals surface area contributed by atoms with E-state index in [1.807, 2.05) is 6.92 Å². The van der Waals surface area contributed by atoms with Crippen LogP contribution in [0.1, 0.15) is 18.1 Å². The van der Waals surface area contributed by atoms with Gasteiger partial charge in [-0.25, -0.2) is 0 Å². The van der Waals surface area contributed by atoms with Crippen molar-refractivity contribution in [1.29, 1.82) is 0 Å². The molecule has 1 N–H and O–H groups in total. The van der Waals surface area contributed by atoms with Gasteiger partial charge >= 0.3 is 0 Å². The van der Waals surface area contributed by atoms with Gasteiger partial charge in [-0.3, -0.25) is 0 Å². The minimum atomic E-state index is 0.275. The highest BCUT2D eigenvalue weighted by Gasteiger charge is 2.20. The largest absolute Gasteiger partial charge is 0.396 e. The van der Waals surface area contributed by atoms with E-state index in [0.717, 1.165) is 31.0 Å². The van der Waals surface area contributed by atoms with Gasteiger partial charge in [0.1, 0.15) is 11.6 Å². The molecule has 0 saturated heterocycles. The number of nitrogens with zero attached hydrogens (tertiary/aromatic N) is 3. The molecule has 0 radical (unpaired) electrons. The van der Waals surface area contributed by atoms with Crippen molar-refractivity contribution in [3.63, 3.8) is 0 Å². The Balaban J connectivity index is 2.26. The number of aryl methyl sites for hydroxylation is 2. The van der Waals surface area contributed by atoms with E-state index in [1.165, 1.54) is 0 Å². The van der Waals surface area contributed by atoms with E-state index in [4.69, 9.17) is 5.11 Å². The topological polar surface area (TPSA) is 50.9 Å². The number of hydrogen-bond acceptors (Lipinski definition) is 3. The van der Waals surface area contributed by atoms with Gasteiger partial charge in [0, 0.05) is 25.5 Å². The molecule has 0 aliphatic carbocycles. The zero-order chi connectivity index (χ0) is 8.55. The molecule has 1 aromatic heterocycles. The summed E-state index contributed by atoms with van der Waals surface area (Å²) in [6, 6.07) is 0. The van der Waals surface area contributed by atoms with Gasteiger partial charge in [-0.05, 0) is 13.3 Å². The molecule has 0 unspecified atom stereocenters. The molecular formula is C8H13N3O. The van der Waals surface area contributed by atoms with E-state index >= 15 is 0 Å². The molecule has 0 fully saturated rings. The van der Waals surface area contributed by atoms with Gasteiger partial charge in [-0.2, -0.15) is 0 Å². The number of rotatable bonds is 1. The molecule has 0 amide bonds. The molecule has 1 atom stereocenters. The molecule has 0 bridgehead atoms. The van der Waals surface area contributed by atoms with Crippen molar-refractivity contribution in [2.24, 2.45) is 5.92 Å². The molecule has 66 valence electrons. The second-order valence-corrected chi connectivity index (χ2v) is 3.36. The highest BCUT2D eigenvalue weighted by atomic mass is 16.3. The lowest BCUT2D eigenvalue weighted by Gasteiger charge is -2.21. The molecule has 0 spiro atoms. The summed E-state index contributed by atoms with van der Waals surface area (Å²) in [7, 11) is 0. The number of aromatic nitrogens is 3. The summed E-state index contributed by atoms with van der Waals surface area (Å²) in [5, 5.41) is 17.0. The molecular weight excluding hydrogens is 154 g/mol. The summed E-state index contributed by atoms with van der Waals surface area (Å²) in [6.07, 6.45) is 1.99. The smallest absolute Gasteiger partial charge is 0.133 e. The standard InChI is InChI=1S/C8H13N3O/c1-6-9-10-8-3-2-7(5-12)4-11(6)8/h7,12H,2-5H2,1H3/t7-/m1/s1. The predicted molar refractivity (Wildman–Crippen MR) is 43.7 cm³/mol. The first-order valence-corrected chi connectivity index (χ1v) is 4.31. The van der Waals surface area contributed by atoms with E-state index in [-0.39, 0.29) is 6.61 Å². The van der Waals surface area contributed by atoms with Crippen LogP contribution in [0.3, 0.4) is 0 Å². The first-order valence-electron chi connectivity index (χ1n) is 4.31. The number of fused-ring (bicyclic) bond motifs is 1. The lowest BCUT2D eigenvalue weighted by molar-refractivity contribution is 0.190. The van der Waals surface area contributed by atoms with Crippen molar-refractivity contribution in [3.05, 3.63) is 11.6 Å². The third-order valence-electron chi connectivity index (χ3n) is 2.49. The summed E-state index contributed by atoms with van der Waals surface area (Å²) in [4.78, 5) is 0. The molecule has 0 aromatic carbocycles. The van der Waals surface area contributed by atoms with Gasteiger partial charge in [0.05, 0.1) is 0 Å². The number of hydrogen-bond donors (Lipinski definition) is 1. The lowest BCUT2D eigenvalue weighted by atomic mass is 10.0. The van der Waals surface area contributed by atoms with Crippen LogP contribution in [0.2, 0.25) is 0 Å². The first kappa shape index (κ1) is 7.73. The Morgan fingerprint density at radius 2 is 2.42 bits per heavy atom.